The van der Waals surface area contributed by atoms with Gasteiger partial charge >= 0.3 is 0 Å². The number of phenols is 1. The summed E-state index contributed by atoms with van der Waals surface area (Å²) in [6.07, 6.45) is 2.44. The van der Waals surface area contributed by atoms with Gasteiger partial charge in [-0.05, 0) is 37.1 Å². The maximum Gasteiger partial charge on any atom is 0.115 e. The summed E-state index contributed by atoms with van der Waals surface area (Å²) >= 11 is 0. The summed E-state index contributed by atoms with van der Waals surface area (Å²) in [5.41, 5.74) is 6.88. The predicted octanol–water partition coefficient (Wildman–Crippen LogP) is 1.32. The normalized spacial score (nSPS) is 22.1. The smallest absolute Gasteiger partial charge is 0.115 e. The zero-order valence-corrected chi connectivity index (χ0v) is 8.89. The van der Waals surface area contributed by atoms with Crippen LogP contribution in [0.2, 0.25) is 0 Å². The van der Waals surface area contributed by atoms with Crippen molar-refractivity contribution in [1.82, 2.24) is 4.90 Å². The average Bonchev–Trinajstić information content (AvgIpc) is 2.65. The fourth-order valence-electron chi connectivity index (χ4n) is 2.26. The largest absolute Gasteiger partial charge is 0.508 e. The van der Waals surface area contributed by atoms with Crippen molar-refractivity contribution in [2.24, 2.45) is 5.73 Å². The van der Waals surface area contributed by atoms with Gasteiger partial charge in [-0.2, -0.15) is 0 Å². The van der Waals surface area contributed by atoms with Crippen molar-refractivity contribution in [3.05, 3.63) is 29.8 Å². The van der Waals surface area contributed by atoms with Crippen LogP contribution in [0.25, 0.3) is 0 Å². The van der Waals surface area contributed by atoms with Crippen LogP contribution in [0.1, 0.15) is 18.4 Å². The number of nitrogens with two attached hydrogens (primary N) is 1. The van der Waals surface area contributed by atoms with E-state index in [1.165, 1.54) is 12.8 Å². The third-order valence-electron chi connectivity index (χ3n) is 3.07. The van der Waals surface area contributed by atoms with Gasteiger partial charge in [-0.25, -0.2) is 0 Å². The van der Waals surface area contributed by atoms with Gasteiger partial charge in [0.1, 0.15) is 5.75 Å². The van der Waals surface area contributed by atoms with Gasteiger partial charge in [0.25, 0.3) is 0 Å². The van der Waals surface area contributed by atoms with Crippen LogP contribution in [0.5, 0.6) is 5.75 Å². The average molecular weight is 206 g/mol. The van der Waals surface area contributed by atoms with Crippen molar-refractivity contribution in [3.63, 3.8) is 0 Å². The van der Waals surface area contributed by atoms with E-state index in [1.54, 1.807) is 6.07 Å². The van der Waals surface area contributed by atoms with Crippen LogP contribution in [0.4, 0.5) is 0 Å². The van der Waals surface area contributed by atoms with Crippen LogP contribution in [0.3, 0.4) is 0 Å². The van der Waals surface area contributed by atoms with Gasteiger partial charge in [0, 0.05) is 19.1 Å². The van der Waals surface area contributed by atoms with Crippen LogP contribution in [0.15, 0.2) is 24.3 Å². The SMILES string of the molecule is NCC1CCCN1Cc1cccc(O)c1. The Morgan fingerprint density at radius 3 is 3.07 bits per heavy atom. The number of rotatable bonds is 3. The van der Waals surface area contributed by atoms with Crippen molar-refractivity contribution in [2.75, 3.05) is 13.1 Å². The van der Waals surface area contributed by atoms with Crippen molar-refractivity contribution >= 4 is 0 Å². The molecule has 15 heavy (non-hydrogen) atoms. The van der Waals surface area contributed by atoms with Gasteiger partial charge in [-0.1, -0.05) is 12.1 Å². The minimum Gasteiger partial charge on any atom is -0.508 e. The van der Waals surface area contributed by atoms with E-state index >= 15 is 0 Å². The van der Waals surface area contributed by atoms with Gasteiger partial charge in [0.15, 0.2) is 0 Å². The number of phenolic OH excluding ortho intramolecular Hbond substituents is 1. The van der Waals surface area contributed by atoms with Crippen LogP contribution in [0, 0.1) is 0 Å². The van der Waals surface area contributed by atoms with Crippen molar-refractivity contribution in [2.45, 2.75) is 25.4 Å². The van der Waals surface area contributed by atoms with Gasteiger partial charge in [-0.15, -0.1) is 0 Å². The topological polar surface area (TPSA) is 49.5 Å². The summed E-state index contributed by atoms with van der Waals surface area (Å²) < 4.78 is 0. The number of benzene rings is 1. The van der Waals surface area contributed by atoms with Gasteiger partial charge < -0.3 is 10.8 Å². The van der Waals surface area contributed by atoms with E-state index in [9.17, 15) is 5.11 Å². The summed E-state index contributed by atoms with van der Waals surface area (Å²) in [6.45, 7) is 2.76. The zero-order valence-electron chi connectivity index (χ0n) is 8.89. The van der Waals surface area contributed by atoms with E-state index in [2.05, 4.69) is 4.90 Å². The van der Waals surface area contributed by atoms with Gasteiger partial charge in [-0.3, -0.25) is 4.90 Å². The quantitative estimate of drug-likeness (QED) is 0.784. The number of hydrogen-bond acceptors (Lipinski definition) is 3. The Hall–Kier alpha value is -1.06. The third-order valence-corrected chi connectivity index (χ3v) is 3.07. The van der Waals surface area contributed by atoms with E-state index < -0.39 is 0 Å². The molecule has 0 saturated carbocycles. The molecule has 1 saturated heterocycles. The van der Waals surface area contributed by atoms with Crippen LogP contribution in [-0.4, -0.2) is 29.1 Å². The van der Waals surface area contributed by atoms with E-state index in [-0.39, 0.29) is 0 Å². The maximum absolute atomic E-state index is 9.37. The lowest BCUT2D eigenvalue weighted by atomic mass is 10.2. The Balaban J connectivity index is 2.02. The number of nitrogens with zero attached hydrogens (tertiary/aromatic N) is 1. The molecule has 1 heterocycles. The Morgan fingerprint density at radius 1 is 1.47 bits per heavy atom. The van der Waals surface area contributed by atoms with Crippen LogP contribution < -0.4 is 5.73 Å². The molecule has 82 valence electrons. The summed E-state index contributed by atoms with van der Waals surface area (Å²) in [5, 5.41) is 9.37. The van der Waals surface area contributed by atoms with Crippen molar-refractivity contribution < 1.29 is 5.11 Å². The summed E-state index contributed by atoms with van der Waals surface area (Å²) in [6, 6.07) is 7.98. The Morgan fingerprint density at radius 2 is 2.33 bits per heavy atom. The highest BCUT2D eigenvalue weighted by molar-refractivity contribution is 5.27. The molecule has 0 amide bonds. The van der Waals surface area contributed by atoms with Crippen molar-refractivity contribution in [1.29, 1.82) is 0 Å². The minimum absolute atomic E-state index is 0.344. The molecule has 3 N–H and O–H groups in total. The summed E-state index contributed by atoms with van der Waals surface area (Å²) in [5.74, 6) is 0.344. The minimum atomic E-state index is 0.344. The molecular formula is C12H18N2O. The first kappa shape index (κ1) is 10.5. The Labute approximate surface area is 90.5 Å². The predicted molar refractivity (Wildman–Crippen MR) is 60.6 cm³/mol. The lowest BCUT2D eigenvalue weighted by Gasteiger charge is -2.23. The molecule has 3 nitrogen and oxygen atoms in total. The lowest BCUT2D eigenvalue weighted by Crippen LogP contribution is -2.34. The molecule has 1 aromatic rings. The first-order valence-corrected chi connectivity index (χ1v) is 5.51. The monoisotopic (exact) mass is 206 g/mol. The summed E-state index contributed by atoms with van der Waals surface area (Å²) in [7, 11) is 0. The second-order valence-electron chi connectivity index (χ2n) is 4.17. The molecule has 1 atom stereocenters. The lowest BCUT2D eigenvalue weighted by molar-refractivity contribution is 0.250. The highest BCUT2D eigenvalue weighted by Gasteiger charge is 2.22. The first-order valence-electron chi connectivity index (χ1n) is 5.51. The molecular weight excluding hydrogens is 188 g/mol. The highest BCUT2D eigenvalue weighted by atomic mass is 16.3. The molecule has 2 rings (SSSR count). The molecule has 1 aliphatic rings. The molecule has 1 fully saturated rings. The fraction of sp³-hybridized carbons (Fsp3) is 0.500. The fourth-order valence-corrected chi connectivity index (χ4v) is 2.26. The van der Waals surface area contributed by atoms with Gasteiger partial charge in [0.05, 0.1) is 0 Å². The Kier molecular flexibility index (Phi) is 3.23. The van der Waals surface area contributed by atoms with Crippen LogP contribution >= 0.6 is 0 Å². The molecule has 1 aliphatic heterocycles. The van der Waals surface area contributed by atoms with Crippen molar-refractivity contribution in [3.8, 4) is 5.75 Å². The van der Waals surface area contributed by atoms with E-state index in [1.807, 2.05) is 18.2 Å². The van der Waals surface area contributed by atoms with Gasteiger partial charge in [0.2, 0.25) is 0 Å². The molecule has 0 radical (unpaired) electrons. The highest BCUT2D eigenvalue weighted by Crippen LogP contribution is 2.20. The second-order valence-corrected chi connectivity index (χ2v) is 4.17. The number of aromatic hydroxyl groups is 1. The molecule has 1 aromatic carbocycles. The molecule has 0 aliphatic carbocycles. The van der Waals surface area contributed by atoms with E-state index in [0.717, 1.165) is 25.2 Å². The standard InChI is InChI=1S/C12H18N2O/c13-8-11-4-2-6-14(11)9-10-3-1-5-12(15)7-10/h1,3,5,7,11,15H,2,4,6,8-9,13H2. The Bertz CT molecular complexity index is 327. The van der Waals surface area contributed by atoms with E-state index in [0.29, 0.717) is 11.8 Å². The summed E-state index contributed by atoms with van der Waals surface area (Å²) in [4.78, 5) is 2.40. The molecule has 3 heteroatoms. The van der Waals surface area contributed by atoms with Crippen LogP contribution in [-0.2, 0) is 6.54 Å². The molecule has 0 bridgehead atoms. The molecule has 0 aromatic heterocycles. The maximum atomic E-state index is 9.37. The molecule has 1 unspecified atom stereocenters. The first-order chi connectivity index (χ1) is 7.29. The number of likely N-dealkylation sites (tertiary alicyclic amines) is 1. The molecule has 0 spiro atoms. The second kappa shape index (κ2) is 4.64. The zero-order chi connectivity index (χ0) is 10.7. The number of hydrogen-bond donors (Lipinski definition) is 2. The van der Waals surface area contributed by atoms with E-state index in [4.69, 9.17) is 5.73 Å². The third kappa shape index (κ3) is 2.49.